The van der Waals surface area contributed by atoms with Crippen molar-refractivity contribution in [2.45, 2.75) is 44.2 Å². The van der Waals surface area contributed by atoms with Crippen LogP contribution in [0.1, 0.15) is 39.4 Å². The van der Waals surface area contributed by atoms with Crippen molar-refractivity contribution >= 4 is 23.2 Å². The zero-order valence-electron chi connectivity index (χ0n) is 16.9. The first kappa shape index (κ1) is 22.2. The van der Waals surface area contributed by atoms with E-state index >= 15 is 0 Å². The molecule has 2 aromatic rings. The van der Waals surface area contributed by atoms with E-state index in [4.69, 9.17) is 4.74 Å². The van der Waals surface area contributed by atoms with Gasteiger partial charge in [-0.1, -0.05) is 24.3 Å². The topological polar surface area (TPSA) is 66.8 Å². The molecule has 1 aliphatic heterocycles. The summed E-state index contributed by atoms with van der Waals surface area (Å²) < 4.78 is 17.7. The molecule has 1 aromatic carbocycles. The fourth-order valence-corrected chi connectivity index (χ4v) is 4.55. The minimum Gasteiger partial charge on any atom is -0.465 e. The summed E-state index contributed by atoms with van der Waals surface area (Å²) in [5.41, 5.74) is 0.857. The number of halogens is 1. The molecule has 1 amide bonds. The van der Waals surface area contributed by atoms with Crippen LogP contribution in [0.15, 0.2) is 48.6 Å². The maximum atomic E-state index is 13.0. The largest absolute Gasteiger partial charge is 0.465 e. The van der Waals surface area contributed by atoms with Gasteiger partial charge in [-0.15, -0.1) is 11.3 Å². The number of hydrogen-bond donors (Lipinski definition) is 1. The van der Waals surface area contributed by atoms with Crippen molar-refractivity contribution in [1.82, 2.24) is 4.90 Å². The summed E-state index contributed by atoms with van der Waals surface area (Å²) >= 11 is 1.42. The van der Waals surface area contributed by atoms with E-state index in [1.165, 1.54) is 30.6 Å². The van der Waals surface area contributed by atoms with Crippen molar-refractivity contribution in [3.63, 3.8) is 0 Å². The molecule has 1 fully saturated rings. The predicted molar refractivity (Wildman–Crippen MR) is 114 cm³/mol. The van der Waals surface area contributed by atoms with Crippen LogP contribution in [0.3, 0.4) is 0 Å². The molecule has 2 atom stereocenters. The van der Waals surface area contributed by atoms with Gasteiger partial charge in [0, 0.05) is 24.3 Å². The summed E-state index contributed by atoms with van der Waals surface area (Å²) in [6.45, 7) is 0.632. The van der Waals surface area contributed by atoms with Gasteiger partial charge in [-0.25, -0.2) is 9.18 Å². The Morgan fingerprint density at radius 1 is 1.33 bits per heavy atom. The lowest BCUT2D eigenvalue weighted by molar-refractivity contribution is -0.128. The number of hydrogen-bond acceptors (Lipinski definition) is 5. The Morgan fingerprint density at radius 3 is 2.83 bits per heavy atom. The molecule has 7 heteroatoms. The van der Waals surface area contributed by atoms with E-state index in [0.29, 0.717) is 24.3 Å². The highest BCUT2D eigenvalue weighted by Crippen LogP contribution is 2.23. The normalized spacial score (nSPS) is 17.6. The van der Waals surface area contributed by atoms with E-state index in [-0.39, 0.29) is 23.7 Å². The van der Waals surface area contributed by atoms with E-state index < -0.39 is 6.10 Å². The molecular formula is C23H26FNO4S. The van der Waals surface area contributed by atoms with Crippen LogP contribution >= 0.6 is 11.3 Å². The number of aryl methyl sites for hydroxylation is 1. The Balaban J connectivity index is 1.49. The molecule has 0 aliphatic carbocycles. The second-order valence-corrected chi connectivity index (χ2v) is 8.51. The van der Waals surface area contributed by atoms with Gasteiger partial charge in [-0.05, 0) is 49.1 Å². The van der Waals surface area contributed by atoms with Crippen molar-refractivity contribution < 1.29 is 23.8 Å². The lowest BCUT2D eigenvalue weighted by atomic mass is 10.1. The van der Waals surface area contributed by atoms with Crippen molar-refractivity contribution in [2.75, 3.05) is 13.7 Å². The summed E-state index contributed by atoms with van der Waals surface area (Å²) in [4.78, 5) is 27.3. The van der Waals surface area contributed by atoms with Gasteiger partial charge in [0.15, 0.2) is 0 Å². The Kier molecular flexibility index (Phi) is 7.76. The second kappa shape index (κ2) is 10.5. The Morgan fingerprint density at radius 2 is 2.10 bits per heavy atom. The summed E-state index contributed by atoms with van der Waals surface area (Å²) in [6.07, 6.45) is 6.18. The number of rotatable bonds is 9. The van der Waals surface area contributed by atoms with Crippen molar-refractivity contribution in [1.29, 1.82) is 0 Å². The molecule has 1 saturated heterocycles. The number of ether oxygens (including phenoxy) is 1. The van der Waals surface area contributed by atoms with Crippen molar-refractivity contribution in [3.8, 4) is 0 Å². The molecule has 160 valence electrons. The van der Waals surface area contributed by atoms with E-state index in [9.17, 15) is 19.1 Å². The second-order valence-electron chi connectivity index (χ2n) is 7.34. The first-order chi connectivity index (χ1) is 14.5. The van der Waals surface area contributed by atoms with Gasteiger partial charge in [0.25, 0.3) is 0 Å². The Labute approximate surface area is 179 Å². The molecule has 3 rings (SSSR count). The van der Waals surface area contributed by atoms with Gasteiger partial charge in [0.2, 0.25) is 5.91 Å². The highest BCUT2D eigenvalue weighted by atomic mass is 32.1. The van der Waals surface area contributed by atoms with Crippen molar-refractivity contribution in [3.05, 3.63) is 69.7 Å². The Hall–Kier alpha value is -2.51. The lowest BCUT2D eigenvalue weighted by Crippen LogP contribution is -2.33. The van der Waals surface area contributed by atoms with Crippen LogP contribution < -0.4 is 0 Å². The number of carbonyl (C=O) groups excluding carboxylic acids is 2. The van der Waals surface area contributed by atoms with Gasteiger partial charge < -0.3 is 14.7 Å². The number of methoxy groups -OCH3 is 1. The molecule has 1 aliphatic rings. The standard InChI is InChI=1S/C23H26FNO4S/c1-29-23(28)21-12-11-20(30-21)3-2-14-25-18(9-13-22(25)27)8-10-19(26)15-16-4-6-17(24)7-5-16/h4-8,10-12,18-19,26H,2-3,9,13-15H2,1H3/t18-,19+/m0/s1. The Bertz CT molecular complexity index is 893. The van der Waals surface area contributed by atoms with Gasteiger partial charge in [-0.2, -0.15) is 0 Å². The average Bonchev–Trinajstić information content (AvgIpc) is 3.35. The maximum Gasteiger partial charge on any atom is 0.348 e. The van der Waals surface area contributed by atoms with Gasteiger partial charge in [0.05, 0.1) is 19.3 Å². The highest BCUT2D eigenvalue weighted by Gasteiger charge is 2.28. The summed E-state index contributed by atoms with van der Waals surface area (Å²) in [6, 6.07) is 9.75. The predicted octanol–water partition coefficient (Wildman–Crippen LogP) is 3.76. The molecule has 1 aromatic heterocycles. The van der Waals surface area contributed by atoms with Gasteiger partial charge in [-0.3, -0.25) is 4.79 Å². The van der Waals surface area contributed by atoms with Gasteiger partial charge >= 0.3 is 5.97 Å². The average molecular weight is 432 g/mol. The highest BCUT2D eigenvalue weighted by molar-refractivity contribution is 7.13. The third-order valence-electron chi connectivity index (χ3n) is 5.16. The number of nitrogens with zero attached hydrogens (tertiary/aromatic N) is 1. The molecule has 5 nitrogen and oxygen atoms in total. The van der Waals surface area contributed by atoms with Crippen LogP contribution in [0.25, 0.3) is 0 Å². The number of benzene rings is 1. The van der Waals surface area contributed by atoms with Crippen LogP contribution in [0, 0.1) is 5.82 Å². The molecule has 30 heavy (non-hydrogen) atoms. The van der Waals surface area contributed by atoms with E-state index in [1.807, 2.05) is 17.0 Å². The summed E-state index contributed by atoms with van der Waals surface area (Å²) in [5.74, 6) is -0.502. The van der Waals surface area contributed by atoms with Crippen LogP contribution in [-0.4, -0.2) is 47.7 Å². The molecular weight excluding hydrogens is 405 g/mol. The van der Waals surface area contributed by atoms with Gasteiger partial charge in [0.1, 0.15) is 10.7 Å². The molecule has 0 spiro atoms. The summed E-state index contributed by atoms with van der Waals surface area (Å²) in [7, 11) is 1.37. The molecule has 1 N–H and O–H groups in total. The number of carbonyl (C=O) groups is 2. The SMILES string of the molecule is COC(=O)c1ccc(CCCN2C(=O)CC[C@@H]2C=C[C@@H](O)Cc2ccc(F)cc2)s1. The van der Waals surface area contributed by atoms with E-state index in [0.717, 1.165) is 29.7 Å². The number of aliphatic hydroxyl groups excluding tert-OH is 1. The molecule has 0 radical (unpaired) electrons. The van der Waals surface area contributed by atoms with E-state index in [2.05, 4.69) is 0 Å². The molecule has 0 bridgehead atoms. The minimum absolute atomic E-state index is 0.0191. The number of esters is 1. The zero-order valence-corrected chi connectivity index (χ0v) is 17.7. The lowest BCUT2D eigenvalue weighted by Gasteiger charge is -2.22. The molecule has 2 heterocycles. The first-order valence-electron chi connectivity index (χ1n) is 10.0. The summed E-state index contributed by atoms with van der Waals surface area (Å²) in [5, 5.41) is 10.3. The molecule has 0 saturated carbocycles. The quantitative estimate of drug-likeness (QED) is 0.485. The number of likely N-dealkylation sites (tertiary alicyclic amines) is 1. The fourth-order valence-electron chi connectivity index (χ4n) is 3.58. The van der Waals surface area contributed by atoms with Crippen molar-refractivity contribution in [2.24, 2.45) is 0 Å². The van der Waals surface area contributed by atoms with Crippen LogP contribution in [-0.2, 0) is 22.4 Å². The van der Waals surface area contributed by atoms with Crippen LogP contribution in [0.5, 0.6) is 0 Å². The number of thiophene rings is 1. The minimum atomic E-state index is -0.684. The number of amides is 1. The third kappa shape index (κ3) is 6.00. The fraction of sp³-hybridized carbons (Fsp3) is 0.391. The number of aliphatic hydroxyl groups is 1. The smallest absolute Gasteiger partial charge is 0.348 e. The zero-order chi connectivity index (χ0) is 21.5. The first-order valence-corrected chi connectivity index (χ1v) is 10.8. The third-order valence-corrected chi connectivity index (χ3v) is 6.28. The monoisotopic (exact) mass is 431 g/mol. The van der Waals surface area contributed by atoms with E-state index in [1.54, 1.807) is 24.3 Å². The van der Waals surface area contributed by atoms with Crippen LogP contribution in [0.4, 0.5) is 4.39 Å². The maximum absolute atomic E-state index is 13.0. The van der Waals surface area contributed by atoms with Crippen LogP contribution in [0.2, 0.25) is 0 Å². The molecule has 0 unspecified atom stereocenters.